The first kappa shape index (κ1) is 11.3. The number of carbonyl (C=O) groups is 1. The van der Waals surface area contributed by atoms with Gasteiger partial charge in [0, 0.05) is 11.3 Å². The Morgan fingerprint density at radius 3 is 2.82 bits per heavy atom. The molecule has 1 aliphatic carbocycles. The number of hydrogen-bond acceptors (Lipinski definition) is 3. The highest BCUT2D eigenvalue weighted by Crippen LogP contribution is 2.30. The maximum absolute atomic E-state index is 11.4. The summed E-state index contributed by atoms with van der Waals surface area (Å²) in [6.07, 6.45) is 0.973. The third-order valence-corrected chi connectivity index (χ3v) is 2.79. The summed E-state index contributed by atoms with van der Waals surface area (Å²) in [5, 5.41) is 3.16. The normalized spacial score (nSPS) is 14.6. The Bertz CT molecular complexity index is 541. The molecule has 3 heteroatoms. The molecule has 0 aromatic heterocycles. The first-order valence-electron chi connectivity index (χ1n) is 5.48. The molecule has 0 saturated heterocycles. The van der Waals surface area contributed by atoms with Crippen LogP contribution < -0.4 is 5.32 Å². The zero-order valence-electron chi connectivity index (χ0n) is 9.79. The Kier molecular flexibility index (Phi) is 2.91. The minimum Gasteiger partial charge on any atom is -0.353 e. The average Bonchev–Trinajstić information content (AvgIpc) is 2.38. The van der Waals surface area contributed by atoms with E-state index in [1.54, 1.807) is 0 Å². The molecule has 1 N–H and O–H groups in total. The van der Waals surface area contributed by atoms with E-state index in [9.17, 15) is 4.79 Å². The first-order valence-corrected chi connectivity index (χ1v) is 5.48. The molecule has 17 heavy (non-hydrogen) atoms. The van der Waals surface area contributed by atoms with Gasteiger partial charge in [0.15, 0.2) is 0 Å². The van der Waals surface area contributed by atoms with Gasteiger partial charge >= 0.3 is 0 Å². The second kappa shape index (κ2) is 4.37. The van der Waals surface area contributed by atoms with Gasteiger partial charge in [-0.2, -0.15) is 0 Å². The number of benzene rings is 1. The van der Waals surface area contributed by atoms with Crippen molar-refractivity contribution in [3.8, 4) is 0 Å². The van der Waals surface area contributed by atoms with Crippen LogP contribution in [0.4, 0.5) is 5.69 Å². The number of allylic oxidation sites excluding steroid dienone is 2. The van der Waals surface area contributed by atoms with Crippen LogP contribution >= 0.6 is 0 Å². The average molecular weight is 226 g/mol. The van der Waals surface area contributed by atoms with E-state index in [0.29, 0.717) is 17.0 Å². The molecule has 86 valence electrons. The molecule has 0 amide bonds. The van der Waals surface area contributed by atoms with Crippen molar-refractivity contribution in [2.24, 2.45) is 4.99 Å². The van der Waals surface area contributed by atoms with Gasteiger partial charge < -0.3 is 5.32 Å². The van der Waals surface area contributed by atoms with Crippen molar-refractivity contribution in [2.45, 2.75) is 13.3 Å². The number of hydrogen-bond donors (Lipinski definition) is 1. The molecule has 3 nitrogen and oxygen atoms in total. The second-order valence-corrected chi connectivity index (χ2v) is 3.87. The van der Waals surface area contributed by atoms with Crippen LogP contribution in [0.1, 0.15) is 12.5 Å². The molecule has 0 aliphatic heterocycles. The van der Waals surface area contributed by atoms with Gasteiger partial charge in [0.05, 0.1) is 5.70 Å². The number of rotatable bonds is 4. The fraction of sp³-hybridized carbons (Fsp3) is 0.143. The summed E-state index contributed by atoms with van der Waals surface area (Å²) < 4.78 is 0. The quantitative estimate of drug-likeness (QED) is 0.633. The lowest BCUT2D eigenvalue weighted by Gasteiger charge is -2.23. The van der Waals surface area contributed by atoms with E-state index in [1.165, 1.54) is 5.56 Å². The number of carbonyl (C=O) groups excluding carboxylic acids is 1. The van der Waals surface area contributed by atoms with Crippen molar-refractivity contribution in [3.05, 3.63) is 53.4 Å². The SMILES string of the molecule is C=NC1=C(Nc2cccc(CC)c2)C(=C)C1=O. The van der Waals surface area contributed by atoms with Crippen molar-refractivity contribution >= 4 is 18.2 Å². The molecule has 0 atom stereocenters. The third-order valence-electron chi connectivity index (χ3n) is 2.79. The zero-order chi connectivity index (χ0) is 12.4. The topological polar surface area (TPSA) is 41.5 Å². The van der Waals surface area contributed by atoms with Crippen molar-refractivity contribution in [2.75, 3.05) is 5.32 Å². The first-order chi connectivity index (χ1) is 8.17. The molecule has 0 saturated carbocycles. The monoisotopic (exact) mass is 226 g/mol. The van der Waals surface area contributed by atoms with Gasteiger partial charge in [-0.05, 0) is 30.8 Å². The van der Waals surface area contributed by atoms with E-state index >= 15 is 0 Å². The number of nitrogens with zero attached hydrogens (tertiary/aromatic N) is 1. The van der Waals surface area contributed by atoms with Crippen LogP contribution in [-0.2, 0) is 11.2 Å². The van der Waals surface area contributed by atoms with Crippen LogP contribution in [0.5, 0.6) is 0 Å². The van der Waals surface area contributed by atoms with E-state index in [0.717, 1.165) is 12.1 Å². The molecule has 0 fully saturated rings. The standard InChI is InChI=1S/C14H14N2O/c1-4-10-6-5-7-11(8-10)16-12-9(2)14(17)13(12)15-3/h5-8,16H,2-4H2,1H3. The van der Waals surface area contributed by atoms with Crippen molar-refractivity contribution < 1.29 is 4.79 Å². The van der Waals surface area contributed by atoms with Gasteiger partial charge in [-0.3, -0.25) is 9.79 Å². The van der Waals surface area contributed by atoms with Crippen LogP contribution in [0.15, 0.2) is 52.8 Å². The molecule has 0 spiro atoms. The number of aliphatic imine (C=N–C) groups is 1. The summed E-state index contributed by atoms with van der Waals surface area (Å²) in [5.41, 5.74) is 3.69. The molecule has 0 radical (unpaired) electrons. The minimum atomic E-state index is -0.130. The number of Topliss-reactive ketones (excluding diaryl/α,β-unsaturated/α-hetero) is 1. The third kappa shape index (κ3) is 1.91. The predicted octanol–water partition coefficient (Wildman–Crippen LogP) is 2.71. The number of aryl methyl sites for hydroxylation is 1. The van der Waals surface area contributed by atoms with Crippen LogP contribution in [0, 0.1) is 0 Å². The summed E-state index contributed by atoms with van der Waals surface area (Å²) in [5.74, 6) is -0.130. The van der Waals surface area contributed by atoms with Gasteiger partial charge in [-0.25, -0.2) is 0 Å². The summed E-state index contributed by atoms with van der Waals surface area (Å²) in [6.45, 7) is 9.18. The Labute approximate surface area is 101 Å². The van der Waals surface area contributed by atoms with Crippen LogP contribution in [-0.4, -0.2) is 12.5 Å². The van der Waals surface area contributed by atoms with Gasteiger partial charge in [0.1, 0.15) is 5.70 Å². The molecule has 2 rings (SSSR count). The van der Waals surface area contributed by atoms with Crippen molar-refractivity contribution in [1.29, 1.82) is 0 Å². The second-order valence-electron chi connectivity index (χ2n) is 3.87. The van der Waals surface area contributed by atoms with Gasteiger partial charge in [-0.1, -0.05) is 25.6 Å². The highest BCUT2D eigenvalue weighted by molar-refractivity contribution is 6.20. The van der Waals surface area contributed by atoms with Crippen molar-refractivity contribution in [3.63, 3.8) is 0 Å². The Balaban J connectivity index is 2.27. The van der Waals surface area contributed by atoms with E-state index in [1.807, 2.05) is 18.2 Å². The largest absolute Gasteiger partial charge is 0.353 e. The smallest absolute Gasteiger partial charge is 0.215 e. The fourth-order valence-electron chi connectivity index (χ4n) is 1.75. The molecule has 1 aliphatic rings. The van der Waals surface area contributed by atoms with Gasteiger partial charge in [0.25, 0.3) is 0 Å². The van der Waals surface area contributed by atoms with Gasteiger partial charge in [-0.15, -0.1) is 0 Å². The number of ketones is 1. The number of nitrogens with one attached hydrogen (secondary N) is 1. The maximum atomic E-state index is 11.4. The van der Waals surface area contributed by atoms with Crippen molar-refractivity contribution in [1.82, 2.24) is 0 Å². The maximum Gasteiger partial charge on any atom is 0.215 e. The van der Waals surface area contributed by atoms with Gasteiger partial charge in [0.2, 0.25) is 5.78 Å². The molecular formula is C14H14N2O. The highest BCUT2D eigenvalue weighted by Gasteiger charge is 2.31. The Morgan fingerprint density at radius 2 is 2.18 bits per heavy atom. The summed E-state index contributed by atoms with van der Waals surface area (Å²) in [6, 6.07) is 8.03. The summed E-state index contributed by atoms with van der Waals surface area (Å²) >= 11 is 0. The Morgan fingerprint density at radius 1 is 1.41 bits per heavy atom. The molecule has 0 unspecified atom stereocenters. The van der Waals surface area contributed by atoms with E-state index in [4.69, 9.17) is 0 Å². The van der Waals surface area contributed by atoms with E-state index in [2.05, 4.69) is 36.6 Å². The molecule has 0 bridgehead atoms. The van der Waals surface area contributed by atoms with Crippen LogP contribution in [0.3, 0.4) is 0 Å². The molecule has 1 aromatic carbocycles. The molecular weight excluding hydrogens is 212 g/mol. The highest BCUT2D eigenvalue weighted by atomic mass is 16.1. The lowest BCUT2D eigenvalue weighted by atomic mass is 9.93. The van der Waals surface area contributed by atoms with E-state index in [-0.39, 0.29) is 5.78 Å². The summed E-state index contributed by atoms with van der Waals surface area (Å²) in [7, 11) is 0. The van der Waals surface area contributed by atoms with E-state index < -0.39 is 0 Å². The molecule has 1 aromatic rings. The summed E-state index contributed by atoms with van der Waals surface area (Å²) in [4.78, 5) is 15.1. The predicted molar refractivity (Wildman–Crippen MR) is 70.2 cm³/mol. The lowest BCUT2D eigenvalue weighted by Crippen LogP contribution is -2.25. The number of anilines is 1. The van der Waals surface area contributed by atoms with Crippen LogP contribution in [0.2, 0.25) is 0 Å². The Hall–Kier alpha value is -2.16. The molecule has 0 heterocycles. The zero-order valence-corrected chi connectivity index (χ0v) is 9.79. The fourth-order valence-corrected chi connectivity index (χ4v) is 1.75. The lowest BCUT2D eigenvalue weighted by molar-refractivity contribution is -0.113. The minimum absolute atomic E-state index is 0.130. The van der Waals surface area contributed by atoms with Crippen LogP contribution in [0.25, 0.3) is 0 Å².